The summed E-state index contributed by atoms with van der Waals surface area (Å²) in [5.74, 6) is 0.912. The van der Waals surface area contributed by atoms with Gasteiger partial charge in [0.2, 0.25) is 0 Å². The summed E-state index contributed by atoms with van der Waals surface area (Å²) in [7, 11) is 0. The molecule has 0 heterocycles. The molecular weight excluding hydrogens is 347 g/mol. The zero-order valence-electron chi connectivity index (χ0n) is 14.5. The van der Waals surface area contributed by atoms with Gasteiger partial charge in [-0.2, -0.15) is 23.3 Å². The van der Waals surface area contributed by atoms with Gasteiger partial charge in [0.25, 0.3) is 0 Å². The van der Waals surface area contributed by atoms with Gasteiger partial charge in [-0.05, 0) is 0 Å². The molecule has 0 aliphatic heterocycles. The summed E-state index contributed by atoms with van der Waals surface area (Å²) in [4.78, 5) is 0. The van der Waals surface area contributed by atoms with Gasteiger partial charge >= 0.3 is 21.7 Å². The van der Waals surface area contributed by atoms with Crippen molar-refractivity contribution in [1.82, 2.24) is 0 Å². The predicted octanol–water partition coefficient (Wildman–Crippen LogP) is -0.551. The Morgan fingerprint density at radius 1 is 0.864 bits per heavy atom. The zero-order chi connectivity index (χ0) is 14.2. The summed E-state index contributed by atoms with van der Waals surface area (Å²) in [5, 5.41) is 0. The third-order valence-electron chi connectivity index (χ3n) is 4.30. The molecule has 0 aromatic rings. The number of allylic oxidation sites excluding steroid dienone is 8. The molecule has 0 radical (unpaired) electrons. The van der Waals surface area contributed by atoms with Crippen LogP contribution in [-0.2, 0) is 21.7 Å². The molecule has 0 aromatic carbocycles. The van der Waals surface area contributed by atoms with Crippen LogP contribution in [0.2, 0.25) is 0 Å². The first-order valence-corrected chi connectivity index (χ1v) is 7.60. The molecule has 0 saturated heterocycles. The van der Waals surface area contributed by atoms with Crippen LogP contribution in [0.1, 0.15) is 54.4 Å². The molecule has 0 amide bonds. The van der Waals surface area contributed by atoms with Gasteiger partial charge in [-0.15, -0.1) is 0 Å². The fraction of sp³-hybridized carbons (Fsp3) is 0.579. The van der Waals surface area contributed by atoms with Crippen LogP contribution in [0, 0.1) is 29.4 Å². The van der Waals surface area contributed by atoms with Gasteiger partial charge in [0.05, 0.1) is 0 Å². The molecule has 2 unspecified atom stereocenters. The van der Waals surface area contributed by atoms with E-state index in [2.05, 4.69) is 65.8 Å². The fourth-order valence-corrected chi connectivity index (χ4v) is 3.37. The third-order valence-corrected chi connectivity index (χ3v) is 4.30. The first-order chi connectivity index (χ1) is 8.90. The van der Waals surface area contributed by atoms with Crippen molar-refractivity contribution in [2.24, 2.45) is 17.3 Å². The maximum atomic E-state index is 3.67. The Morgan fingerprint density at radius 2 is 1.18 bits per heavy atom. The maximum absolute atomic E-state index is 3.67. The first-order valence-electron chi connectivity index (χ1n) is 7.60. The second-order valence-electron chi connectivity index (χ2n) is 6.33. The van der Waals surface area contributed by atoms with Crippen LogP contribution in [0.3, 0.4) is 0 Å². The van der Waals surface area contributed by atoms with E-state index in [-0.39, 0.29) is 51.9 Å². The van der Waals surface area contributed by atoms with E-state index in [1.54, 1.807) is 0 Å². The number of hydrogen-bond acceptors (Lipinski definition) is 0. The third kappa shape index (κ3) is 4.63. The van der Waals surface area contributed by atoms with Crippen LogP contribution in [0.5, 0.6) is 0 Å². The molecule has 22 heavy (non-hydrogen) atoms. The van der Waals surface area contributed by atoms with E-state index >= 15 is 0 Å². The molecule has 2 atom stereocenters. The quantitative estimate of drug-likeness (QED) is 0.459. The zero-order valence-corrected chi connectivity index (χ0v) is 17.6. The summed E-state index contributed by atoms with van der Waals surface area (Å²) in [6.45, 7) is 13.6. The molecule has 2 rings (SSSR count). The second kappa shape index (κ2) is 9.53. The van der Waals surface area contributed by atoms with Crippen LogP contribution < -0.4 is 24.8 Å². The van der Waals surface area contributed by atoms with E-state index in [9.17, 15) is 0 Å². The van der Waals surface area contributed by atoms with Gasteiger partial charge in [-0.25, -0.2) is 11.1 Å². The van der Waals surface area contributed by atoms with Crippen molar-refractivity contribution in [1.29, 1.82) is 0 Å². The summed E-state index contributed by atoms with van der Waals surface area (Å²) < 4.78 is 0. The molecule has 0 bridgehead atoms. The Kier molecular flexibility index (Phi) is 10.6. The van der Waals surface area contributed by atoms with Crippen LogP contribution in [0.15, 0.2) is 34.4 Å². The van der Waals surface area contributed by atoms with Crippen LogP contribution in [0.4, 0.5) is 0 Å². The van der Waals surface area contributed by atoms with Gasteiger partial charge < -0.3 is 24.8 Å². The smallest absolute Gasteiger partial charge is 1.00 e. The van der Waals surface area contributed by atoms with Crippen molar-refractivity contribution in [3.05, 3.63) is 46.6 Å². The molecule has 0 saturated carbocycles. The minimum Gasteiger partial charge on any atom is -1.00 e. The Morgan fingerprint density at radius 3 is 1.45 bits per heavy atom. The molecule has 0 N–H and O–H groups in total. The van der Waals surface area contributed by atoms with Crippen molar-refractivity contribution in [2.75, 3.05) is 0 Å². The van der Waals surface area contributed by atoms with Gasteiger partial charge in [-0.3, -0.25) is 12.2 Å². The Labute approximate surface area is 164 Å². The molecular formula is C19H26Cl2Ti. The Hall–Kier alpha value is 0.254. The molecule has 0 fully saturated rings. The SMILES string of the molecule is CCC1=CC(C)[C-]=C1C(C)(C)C1=[C-]C(C)C=C1CC.[Cl-].[Cl-].[Ti+4]. The van der Waals surface area contributed by atoms with E-state index in [1.807, 2.05) is 0 Å². The van der Waals surface area contributed by atoms with E-state index in [0.29, 0.717) is 11.8 Å². The van der Waals surface area contributed by atoms with E-state index in [0.717, 1.165) is 12.8 Å². The molecule has 2 aliphatic rings. The number of hydrogen-bond donors (Lipinski definition) is 0. The molecule has 120 valence electrons. The van der Waals surface area contributed by atoms with Crippen LogP contribution in [0.25, 0.3) is 0 Å². The minimum absolute atomic E-state index is 0. The molecule has 3 heteroatoms. The summed E-state index contributed by atoms with van der Waals surface area (Å²) in [5.41, 5.74) is 5.79. The van der Waals surface area contributed by atoms with Crippen molar-refractivity contribution in [3.8, 4) is 0 Å². The summed E-state index contributed by atoms with van der Waals surface area (Å²) in [6.07, 6.45) is 14.3. The number of halogens is 2. The average molecular weight is 373 g/mol. The summed E-state index contributed by atoms with van der Waals surface area (Å²) >= 11 is 0. The predicted molar refractivity (Wildman–Crippen MR) is 82.4 cm³/mol. The fourth-order valence-electron chi connectivity index (χ4n) is 3.37. The standard InChI is InChI=1S/C19H26.2ClH.Ti/c1-7-15-9-13(3)11-17(15)19(5,6)18-12-14(4)10-16(18)8-2;;;/h9-10,13-14H,7-8H2,1-6H3;2*1H;/q-2;;;+4/p-2. The molecule has 0 aromatic heterocycles. The largest absolute Gasteiger partial charge is 4.00 e. The van der Waals surface area contributed by atoms with Gasteiger partial charge in [-0.1, -0.05) is 71.6 Å². The molecule has 0 spiro atoms. The first kappa shape index (κ1) is 24.5. The van der Waals surface area contributed by atoms with E-state index in [1.165, 1.54) is 22.3 Å². The Balaban J connectivity index is 0. The van der Waals surface area contributed by atoms with Gasteiger partial charge in [0.1, 0.15) is 0 Å². The van der Waals surface area contributed by atoms with Gasteiger partial charge in [0.15, 0.2) is 0 Å². The molecule has 2 aliphatic carbocycles. The van der Waals surface area contributed by atoms with E-state index in [4.69, 9.17) is 0 Å². The average Bonchev–Trinajstić information content (AvgIpc) is 2.92. The van der Waals surface area contributed by atoms with Crippen LogP contribution in [-0.4, -0.2) is 0 Å². The van der Waals surface area contributed by atoms with Crippen molar-refractivity contribution >= 4 is 0 Å². The van der Waals surface area contributed by atoms with Crippen LogP contribution >= 0.6 is 0 Å². The van der Waals surface area contributed by atoms with E-state index < -0.39 is 0 Å². The Bertz CT molecular complexity index is 452. The van der Waals surface area contributed by atoms with Crippen molar-refractivity contribution < 1.29 is 46.5 Å². The number of rotatable bonds is 4. The monoisotopic (exact) mass is 372 g/mol. The normalized spacial score (nSPS) is 23.4. The maximum Gasteiger partial charge on any atom is 4.00 e. The summed E-state index contributed by atoms with van der Waals surface area (Å²) in [6, 6.07) is 0. The molecule has 0 nitrogen and oxygen atoms in total. The topological polar surface area (TPSA) is 0 Å². The van der Waals surface area contributed by atoms with Crippen molar-refractivity contribution in [3.63, 3.8) is 0 Å². The second-order valence-corrected chi connectivity index (χ2v) is 6.33. The minimum atomic E-state index is 0. The van der Waals surface area contributed by atoms with Crippen molar-refractivity contribution in [2.45, 2.75) is 54.4 Å². The van der Waals surface area contributed by atoms with Gasteiger partial charge in [0, 0.05) is 0 Å².